The lowest BCUT2D eigenvalue weighted by molar-refractivity contribution is 0.184. The van der Waals surface area contributed by atoms with Gasteiger partial charge in [-0.2, -0.15) is 0 Å². The highest BCUT2D eigenvalue weighted by molar-refractivity contribution is 5.69. The number of nitrogens with one attached hydrogen (secondary N) is 1. The molecule has 2 N–H and O–H groups in total. The smallest absolute Gasteiger partial charge is 0.0685 e. The second-order valence-electron chi connectivity index (χ2n) is 3.30. The average molecular weight is 203 g/mol. The van der Waals surface area contributed by atoms with Crippen molar-refractivity contribution in [2.45, 2.75) is 0 Å². The molecule has 1 aliphatic carbocycles. The van der Waals surface area contributed by atoms with Crippen molar-refractivity contribution in [2.75, 3.05) is 19.4 Å². The molecule has 2 aliphatic rings. The molecule has 4 nitrogen and oxygen atoms in total. The predicted molar refractivity (Wildman–Crippen MR) is 59.3 cm³/mol. The zero-order chi connectivity index (χ0) is 10.8. The lowest BCUT2D eigenvalue weighted by atomic mass is 10.0. The van der Waals surface area contributed by atoms with Gasteiger partial charge in [0.2, 0.25) is 0 Å². The summed E-state index contributed by atoms with van der Waals surface area (Å²) in [5.74, 6) is 0. The minimum Gasteiger partial charge on any atom is -0.429 e. The van der Waals surface area contributed by atoms with Crippen LogP contribution in [0.2, 0.25) is 0 Å². The number of hydrogen-bond donors (Lipinski definition) is 2. The van der Waals surface area contributed by atoms with Crippen molar-refractivity contribution in [1.82, 2.24) is 4.73 Å². The molecule has 0 amide bonds. The number of rotatable bonds is 1. The normalized spacial score (nSPS) is 12.0. The Morgan fingerprint density at radius 2 is 2.20 bits per heavy atom. The predicted octanol–water partition coefficient (Wildman–Crippen LogP) is 1.40. The molecule has 0 saturated heterocycles. The molecule has 0 bridgehead atoms. The number of aromatic nitrogens is 1. The van der Waals surface area contributed by atoms with Crippen molar-refractivity contribution in [3.05, 3.63) is 36.0 Å². The van der Waals surface area contributed by atoms with Crippen molar-refractivity contribution in [3.8, 4) is 11.1 Å². The van der Waals surface area contributed by atoms with Gasteiger partial charge in [-0.3, -0.25) is 4.99 Å². The number of nitrogens with zero attached hydrogens (tertiary/aromatic N) is 2. The van der Waals surface area contributed by atoms with Crippen LogP contribution < -0.4 is 10.7 Å². The van der Waals surface area contributed by atoms with Crippen molar-refractivity contribution >= 4 is 5.69 Å². The lowest BCUT2D eigenvalue weighted by Crippen LogP contribution is -2.10. The van der Waals surface area contributed by atoms with Crippen LogP contribution in [0.3, 0.4) is 0 Å². The molecule has 78 valence electrons. The number of anilines is 1. The Labute approximate surface area is 87.8 Å². The number of fused-ring (bicyclic) bond motifs is 1. The molecule has 0 aromatic rings. The van der Waals surface area contributed by atoms with E-state index in [4.69, 9.17) is 0 Å². The summed E-state index contributed by atoms with van der Waals surface area (Å²) < 4.78 is 1.04. The van der Waals surface area contributed by atoms with Crippen molar-refractivity contribution < 1.29 is 5.21 Å². The molecule has 0 saturated carbocycles. The van der Waals surface area contributed by atoms with Crippen LogP contribution in [0, 0.1) is 0 Å². The van der Waals surface area contributed by atoms with Crippen LogP contribution in [0.5, 0.6) is 0 Å². The van der Waals surface area contributed by atoms with Crippen LogP contribution in [0.15, 0.2) is 35.6 Å². The van der Waals surface area contributed by atoms with Crippen LogP contribution in [-0.2, 0) is 0 Å². The van der Waals surface area contributed by atoms with Gasteiger partial charge < -0.3 is 10.5 Å². The molecule has 15 heavy (non-hydrogen) atoms. The van der Waals surface area contributed by atoms with E-state index in [0.717, 1.165) is 26.9 Å². The summed E-state index contributed by atoms with van der Waals surface area (Å²) in [6.07, 6.45) is 3.25. The van der Waals surface area contributed by atoms with E-state index in [1.54, 1.807) is 19.4 Å². The SMILES string of the molecule is CN=c1cc(NC)cc2ccn(O)cc1-2. The third-order valence-electron chi connectivity index (χ3n) is 2.39. The standard InChI is InChI=1S/C11H13N3O/c1-12-9-5-8-3-4-14(15)7-10(8)11(6-9)13-2/h3-7,12,15H,1-2H3. The fourth-order valence-electron chi connectivity index (χ4n) is 1.60. The quantitative estimate of drug-likeness (QED) is 0.688. The summed E-state index contributed by atoms with van der Waals surface area (Å²) in [6, 6.07) is 5.82. The van der Waals surface area contributed by atoms with E-state index in [9.17, 15) is 5.21 Å². The van der Waals surface area contributed by atoms with E-state index in [0.29, 0.717) is 0 Å². The Morgan fingerprint density at radius 3 is 2.87 bits per heavy atom. The molecule has 0 radical (unpaired) electrons. The summed E-state index contributed by atoms with van der Waals surface area (Å²) in [5.41, 5.74) is 2.99. The van der Waals surface area contributed by atoms with E-state index in [1.807, 2.05) is 25.2 Å². The largest absolute Gasteiger partial charge is 0.429 e. The van der Waals surface area contributed by atoms with Crippen LogP contribution >= 0.6 is 0 Å². The molecule has 1 heterocycles. The maximum absolute atomic E-state index is 9.34. The van der Waals surface area contributed by atoms with Crippen LogP contribution in [0.25, 0.3) is 11.1 Å². The van der Waals surface area contributed by atoms with Gasteiger partial charge in [0.1, 0.15) is 0 Å². The topological polar surface area (TPSA) is 49.5 Å². The van der Waals surface area contributed by atoms with E-state index >= 15 is 0 Å². The number of hydrogen-bond acceptors (Lipinski definition) is 3. The lowest BCUT2D eigenvalue weighted by Gasteiger charge is -2.10. The highest BCUT2D eigenvalue weighted by atomic mass is 16.5. The second kappa shape index (κ2) is 3.65. The molecule has 0 aromatic carbocycles. The Bertz CT molecular complexity index is 516. The fraction of sp³-hybridized carbons (Fsp3) is 0.182. The van der Waals surface area contributed by atoms with Gasteiger partial charge in [0.25, 0.3) is 0 Å². The molecular weight excluding hydrogens is 190 g/mol. The third-order valence-corrected chi connectivity index (χ3v) is 2.39. The summed E-state index contributed by atoms with van der Waals surface area (Å²) in [6.45, 7) is 0. The fourth-order valence-corrected chi connectivity index (χ4v) is 1.60. The Balaban J connectivity index is 2.81. The maximum Gasteiger partial charge on any atom is 0.0685 e. The average Bonchev–Trinajstić information content (AvgIpc) is 2.27. The van der Waals surface area contributed by atoms with Gasteiger partial charge in [-0.15, -0.1) is 0 Å². The third kappa shape index (κ3) is 1.66. The van der Waals surface area contributed by atoms with Gasteiger partial charge in [0, 0.05) is 31.5 Å². The molecular formula is C11H13N3O. The van der Waals surface area contributed by atoms with Crippen LogP contribution in [0.1, 0.15) is 0 Å². The zero-order valence-electron chi connectivity index (χ0n) is 8.73. The van der Waals surface area contributed by atoms with Gasteiger partial charge >= 0.3 is 0 Å². The Morgan fingerprint density at radius 1 is 1.40 bits per heavy atom. The molecule has 0 spiro atoms. The second-order valence-corrected chi connectivity index (χ2v) is 3.30. The summed E-state index contributed by atoms with van der Waals surface area (Å²) in [5, 5.41) is 13.3. The summed E-state index contributed by atoms with van der Waals surface area (Å²) in [4.78, 5) is 4.18. The molecule has 0 atom stereocenters. The molecule has 0 unspecified atom stereocenters. The van der Waals surface area contributed by atoms with E-state index in [1.165, 1.54) is 0 Å². The maximum atomic E-state index is 9.34. The first-order valence-corrected chi connectivity index (χ1v) is 4.70. The molecule has 4 heteroatoms. The first kappa shape index (κ1) is 9.58. The Hall–Kier alpha value is -1.97. The van der Waals surface area contributed by atoms with Crippen molar-refractivity contribution in [3.63, 3.8) is 0 Å². The number of pyridine rings is 1. The van der Waals surface area contributed by atoms with Gasteiger partial charge in [0.15, 0.2) is 0 Å². The number of benzene rings is 1. The zero-order valence-corrected chi connectivity index (χ0v) is 8.73. The minimum atomic E-state index is 0.861. The highest BCUT2D eigenvalue weighted by Crippen LogP contribution is 2.20. The van der Waals surface area contributed by atoms with Gasteiger partial charge in [-0.1, -0.05) is 0 Å². The van der Waals surface area contributed by atoms with Crippen molar-refractivity contribution in [1.29, 1.82) is 0 Å². The van der Waals surface area contributed by atoms with E-state index in [2.05, 4.69) is 10.3 Å². The van der Waals surface area contributed by atoms with E-state index < -0.39 is 0 Å². The van der Waals surface area contributed by atoms with Crippen LogP contribution in [0.4, 0.5) is 5.69 Å². The minimum absolute atomic E-state index is 0.861. The first-order valence-electron chi connectivity index (χ1n) is 4.70. The highest BCUT2D eigenvalue weighted by Gasteiger charge is 2.06. The Kier molecular flexibility index (Phi) is 2.33. The summed E-state index contributed by atoms with van der Waals surface area (Å²) in [7, 11) is 3.61. The molecule has 1 aliphatic heterocycles. The molecule has 0 aromatic heterocycles. The van der Waals surface area contributed by atoms with Gasteiger partial charge in [-0.05, 0) is 23.8 Å². The first-order chi connectivity index (χ1) is 7.24. The summed E-state index contributed by atoms with van der Waals surface area (Å²) >= 11 is 0. The monoisotopic (exact) mass is 203 g/mol. The van der Waals surface area contributed by atoms with Crippen LogP contribution in [-0.4, -0.2) is 24.0 Å². The van der Waals surface area contributed by atoms with Gasteiger partial charge in [0.05, 0.1) is 11.6 Å². The van der Waals surface area contributed by atoms with E-state index in [-0.39, 0.29) is 0 Å². The molecule has 0 fully saturated rings. The van der Waals surface area contributed by atoms with Gasteiger partial charge in [-0.25, -0.2) is 4.73 Å². The van der Waals surface area contributed by atoms with Crippen molar-refractivity contribution in [2.24, 2.45) is 4.99 Å². The molecule has 2 rings (SSSR count).